The number of aromatic nitrogens is 1. The van der Waals surface area contributed by atoms with E-state index in [4.69, 9.17) is 0 Å². The maximum Gasteiger partial charge on any atom is 0.223 e. The number of nitrogens with one attached hydrogen (secondary N) is 1. The Kier molecular flexibility index (Phi) is 4.55. The predicted molar refractivity (Wildman–Crippen MR) is 88.9 cm³/mol. The summed E-state index contributed by atoms with van der Waals surface area (Å²) >= 11 is 0. The molecule has 1 aromatic carbocycles. The molecule has 5 nitrogen and oxygen atoms in total. The van der Waals surface area contributed by atoms with Crippen molar-refractivity contribution >= 4 is 22.7 Å². The van der Waals surface area contributed by atoms with Crippen LogP contribution in [0.15, 0.2) is 36.4 Å². The summed E-state index contributed by atoms with van der Waals surface area (Å²) in [5.74, 6) is 0.105. The van der Waals surface area contributed by atoms with E-state index in [1.54, 1.807) is 4.90 Å². The van der Waals surface area contributed by atoms with Gasteiger partial charge in [0.15, 0.2) is 0 Å². The molecule has 3 rings (SSSR count). The molecule has 1 saturated heterocycles. The highest BCUT2D eigenvalue weighted by Gasteiger charge is 2.24. The van der Waals surface area contributed by atoms with Gasteiger partial charge in [-0.25, -0.2) is 0 Å². The van der Waals surface area contributed by atoms with Crippen LogP contribution >= 0.6 is 0 Å². The highest BCUT2D eigenvalue weighted by molar-refractivity contribution is 5.81. The van der Waals surface area contributed by atoms with Crippen molar-refractivity contribution in [1.29, 1.82) is 0 Å². The zero-order valence-electron chi connectivity index (χ0n) is 13.3. The van der Waals surface area contributed by atoms with Crippen LogP contribution in [0, 0.1) is 0 Å². The number of fused-ring (bicyclic) bond motifs is 1. The number of hydrogen-bond donors (Lipinski definition) is 1. The van der Waals surface area contributed by atoms with Crippen molar-refractivity contribution in [3.63, 3.8) is 0 Å². The first kappa shape index (κ1) is 15.5. The molecule has 5 heteroatoms. The van der Waals surface area contributed by atoms with Crippen LogP contribution in [-0.4, -0.2) is 40.8 Å². The first-order valence-electron chi connectivity index (χ1n) is 8.04. The second-order valence-electron chi connectivity index (χ2n) is 5.99. The molecule has 0 bridgehead atoms. The Hall–Kier alpha value is -2.43. The molecule has 0 aliphatic carbocycles. The molecule has 1 aliphatic rings. The van der Waals surface area contributed by atoms with Crippen LogP contribution in [0.3, 0.4) is 0 Å². The van der Waals surface area contributed by atoms with E-state index in [0.717, 1.165) is 16.6 Å². The van der Waals surface area contributed by atoms with E-state index in [2.05, 4.69) is 10.3 Å². The number of nitrogens with zero attached hydrogens (tertiary/aromatic N) is 2. The SMILES string of the molecule is CC1CC(=O)NCCN1C(=O)CCc1ccc2ccccc2n1. The normalized spacial score (nSPS) is 18.6. The van der Waals surface area contributed by atoms with Gasteiger partial charge >= 0.3 is 0 Å². The lowest BCUT2D eigenvalue weighted by atomic mass is 10.1. The van der Waals surface area contributed by atoms with E-state index in [1.807, 2.05) is 43.3 Å². The number of carbonyl (C=O) groups is 2. The quantitative estimate of drug-likeness (QED) is 0.942. The summed E-state index contributed by atoms with van der Waals surface area (Å²) in [5.41, 5.74) is 1.88. The minimum absolute atomic E-state index is 0.0176. The number of pyridine rings is 1. The Bertz CT molecular complexity index is 729. The molecular formula is C18H21N3O2. The first-order valence-corrected chi connectivity index (χ1v) is 8.04. The van der Waals surface area contributed by atoms with E-state index >= 15 is 0 Å². The van der Waals surface area contributed by atoms with E-state index in [-0.39, 0.29) is 17.9 Å². The van der Waals surface area contributed by atoms with Gasteiger partial charge in [0.2, 0.25) is 11.8 Å². The topological polar surface area (TPSA) is 62.3 Å². The fourth-order valence-corrected chi connectivity index (χ4v) is 2.98. The summed E-state index contributed by atoms with van der Waals surface area (Å²) in [7, 11) is 0. The third-order valence-electron chi connectivity index (χ3n) is 4.26. The van der Waals surface area contributed by atoms with Gasteiger partial charge in [-0.3, -0.25) is 14.6 Å². The second kappa shape index (κ2) is 6.77. The van der Waals surface area contributed by atoms with Crippen molar-refractivity contribution in [3.05, 3.63) is 42.1 Å². The first-order chi connectivity index (χ1) is 11.1. The molecule has 1 fully saturated rings. The standard InChI is InChI=1S/C18H21N3O2/c1-13-12-17(22)19-10-11-21(13)18(23)9-8-15-7-6-14-4-2-3-5-16(14)20-15/h2-7,13H,8-12H2,1H3,(H,19,22). The fourth-order valence-electron chi connectivity index (χ4n) is 2.98. The Morgan fingerprint density at radius 2 is 2.13 bits per heavy atom. The lowest BCUT2D eigenvalue weighted by Crippen LogP contribution is -2.39. The molecule has 1 N–H and O–H groups in total. The maximum absolute atomic E-state index is 12.5. The maximum atomic E-state index is 12.5. The van der Waals surface area contributed by atoms with Gasteiger partial charge in [-0.15, -0.1) is 0 Å². The van der Waals surface area contributed by atoms with Crippen molar-refractivity contribution in [3.8, 4) is 0 Å². The lowest BCUT2D eigenvalue weighted by Gasteiger charge is -2.26. The van der Waals surface area contributed by atoms with Gasteiger partial charge in [-0.1, -0.05) is 24.3 Å². The van der Waals surface area contributed by atoms with Crippen LogP contribution in [0.1, 0.15) is 25.5 Å². The summed E-state index contributed by atoms with van der Waals surface area (Å²) in [5, 5.41) is 3.91. The van der Waals surface area contributed by atoms with Crippen LogP contribution in [0.4, 0.5) is 0 Å². The van der Waals surface area contributed by atoms with E-state index in [9.17, 15) is 9.59 Å². The zero-order chi connectivity index (χ0) is 16.2. The number of hydrogen-bond acceptors (Lipinski definition) is 3. The number of para-hydroxylation sites is 1. The molecule has 0 radical (unpaired) electrons. The molecule has 120 valence electrons. The molecular weight excluding hydrogens is 290 g/mol. The number of amides is 2. The molecule has 0 saturated carbocycles. The predicted octanol–water partition coefficient (Wildman–Crippen LogP) is 1.90. The van der Waals surface area contributed by atoms with Crippen molar-refractivity contribution in [1.82, 2.24) is 15.2 Å². The van der Waals surface area contributed by atoms with Crippen molar-refractivity contribution < 1.29 is 9.59 Å². The van der Waals surface area contributed by atoms with Gasteiger partial charge in [0.25, 0.3) is 0 Å². The number of carbonyl (C=O) groups excluding carboxylic acids is 2. The van der Waals surface area contributed by atoms with Crippen LogP contribution in [0.2, 0.25) is 0 Å². The van der Waals surface area contributed by atoms with Crippen LogP contribution in [0.5, 0.6) is 0 Å². The minimum Gasteiger partial charge on any atom is -0.354 e. The van der Waals surface area contributed by atoms with Gasteiger partial charge in [-0.2, -0.15) is 0 Å². The average Bonchev–Trinajstić information content (AvgIpc) is 2.72. The molecule has 1 aromatic heterocycles. The van der Waals surface area contributed by atoms with Gasteiger partial charge in [0.1, 0.15) is 0 Å². The highest BCUT2D eigenvalue weighted by Crippen LogP contribution is 2.14. The molecule has 1 unspecified atom stereocenters. The Balaban J connectivity index is 1.64. The van der Waals surface area contributed by atoms with Crippen molar-refractivity contribution in [2.45, 2.75) is 32.2 Å². The molecule has 2 aromatic rings. The van der Waals surface area contributed by atoms with E-state index < -0.39 is 0 Å². The van der Waals surface area contributed by atoms with Crippen molar-refractivity contribution in [2.24, 2.45) is 0 Å². The van der Waals surface area contributed by atoms with Gasteiger partial charge in [-0.05, 0) is 25.5 Å². The molecule has 23 heavy (non-hydrogen) atoms. The third kappa shape index (κ3) is 3.67. The summed E-state index contributed by atoms with van der Waals surface area (Å²) < 4.78 is 0. The molecule has 1 atom stereocenters. The Morgan fingerprint density at radius 3 is 3.00 bits per heavy atom. The van der Waals surface area contributed by atoms with Gasteiger partial charge < -0.3 is 10.2 Å². The fraction of sp³-hybridized carbons (Fsp3) is 0.389. The second-order valence-corrected chi connectivity index (χ2v) is 5.99. The van der Waals surface area contributed by atoms with Gasteiger partial charge in [0, 0.05) is 43.1 Å². The number of aryl methyl sites for hydroxylation is 1. The lowest BCUT2D eigenvalue weighted by molar-refractivity contribution is -0.133. The molecule has 2 heterocycles. The van der Waals surface area contributed by atoms with E-state index in [0.29, 0.717) is 32.4 Å². The third-order valence-corrected chi connectivity index (χ3v) is 4.26. The van der Waals surface area contributed by atoms with Gasteiger partial charge in [0.05, 0.1) is 5.52 Å². The highest BCUT2D eigenvalue weighted by atomic mass is 16.2. The zero-order valence-corrected chi connectivity index (χ0v) is 13.3. The van der Waals surface area contributed by atoms with Crippen LogP contribution < -0.4 is 5.32 Å². The van der Waals surface area contributed by atoms with E-state index in [1.165, 1.54) is 0 Å². The monoisotopic (exact) mass is 311 g/mol. The molecule has 2 amide bonds. The summed E-state index contributed by atoms with van der Waals surface area (Å²) in [6, 6.07) is 11.9. The molecule has 0 spiro atoms. The summed E-state index contributed by atoms with van der Waals surface area (Å²) in [6.07, 6.45) is 1.41. The summed E-state index contributed by atoms with van der Waals surface area (Å²) in [6.45, 7) is 3.04. The van der Waals surface area contributed by atoms with Crippen LogP contribution in [0.25, 0.3) is 10.9 Å². The minimum atomic E-state index is -0.0467. The largest absolute Gasteiger partial charge is 0.354 e. The smallest absolute Gasteiger partial charge is 0.223 e. The van der Waals surface area contributed by atoms with Crippen molar-refractivity contribution in [2.75, 3.05) is 13.1 Å². The molecule has 1 aliphatic heterocycles. The Labute approximate surface area is 135 Å². The average molecular weight is 311 g/mol. The summed E-state index contributed by atoms with van der Waals surface area (Å²) in [4.78, 5) is 30.4. The number of rotatable bonds is 3. The Morgan fingerprint density at radius 1 is 1.30 bits per heavy atom. The number of benzene rings is 1. The van der Waals surface area contributed by atoms with Crippen LogP contribution in [-0.2, 0) is 16.0 Å².